The maximum absolute atomic E-state index is 14.6. The quantitative estimate of drug-likeness (QED) is 0.0199. The molecule has 0 aliphatic rings. The van der Waals surface area contributed by atoms with E-state index in [9.17, 15) is 139 Å². The highest BCUT2D eigenvalue weighted by Crippen LogP contribution is 2.24. The molecule has 0 rings (SSSR count). The van der Waals surface area contributed by atoms with Crippen molar-refractivity contribution in [3.8, 4) is 0 Å². The summed E-state index contributed by atoms with van der Waals surface area (Å²) in [4.78, 5) is 182. The normalized spacial score (nSPS) is 11.8. The molecule has 0 amide bonds. The van der Waals surface area contributed by atoms with Gasteiger partial charge in [0.2, 0.25) is 0 Å². The van der Waals surface area contributed by atoms with Crippen LogP contribution < -0.4 is 0 Å². The van der Waals surface area contributed by atoms with Gasteiger partial charge in [0.05, 0.1) is 183 Å². The van der Waals surface area contributed by atoms with Gasteiger partial charge in [0.25, 0.3) is 0 Å². The van der Waals surface area contributed by atoms with Crippen molar-refractivity contribution in [2.75, 3.05) is 421 Å². The van der Waals surface area contributed by atoms with Crippen molar-refractivity contribution in [1.29, 1.82) is 0 Å². The summed E-state index contributed by atoms with van der Waals surface area (Å²) in [6.45, 7) is -7.78. The maximum atomic E-state index is 14.6. The first-order valence-corrected chi connectivity index (χ1v) is 48.5. The van der Waals surface area contributed by atoms with Gasteiger partial charge in [-0.3, -0.25) is 116 Å². The van der Waals surface area contributed by atoms with Crippen LogP contribution >= 0.6 is 0 Å². The number of aliphatic hydroxyl groups is 16. The minimum atomic E-state index is -2.09. The van der Waals surface area contributed by atoms with E-state index in [1.807, 2.05) is 0 Å². The SMILES string of the molecule is O=C(CCN(CCO)CCO)OCCN(CCOC(=O)CCN(CCO)CCO)CCC(=O)OCC(COC(=O)CCN(CCOC(=O)CCN(CCO)CCO)CCOC(=O)CCN(CCO)CCO)(COC(=O)CCN(CCOC(=O)CCN(CCO)CCO)CCOC(=O)CCN(CCO)CCO)COC(=O)CCN(CCOC(=O)CCN(CCO)CCO)CCOC(=O)CCN(CCO)CCO. The number of aliphatic hydroxyl groups excluding tert-OH is 16. The minimum Gasteiger partial charge on any atom is -0.465 e. The molecule has 0 saturated heterocycles. The Hall–Kier alpha value is -7.48. The first-order valence-electron chi connectivity index (χ1n) is 48.5. The van der Waals surface area contributed by atoms with Gasteiger partial charge in [0.1, 0.15) is 84.7 Å². The first-order chi connectivity index (χ1) is 68.2. The average molecular weight is 2050 g/mol. The third kappa shape index (κ3) is 75.9. The Morgan fingerprint density at radius 2 is 0.213 bits per heavy atom. The van der Waals surface area contributed by atoms with E-state index in [0.29, 0.717) is 0 Å². The van der Waals surface area contributed by atoms with Crippen LogP contribution in [0.2, 0.25) is 0 Å². The second-order valence-corrected chi connectivity index (χ2v) is 32.6. The highest BCUT2D eigenvalue weighted by molar-refractivity contribution is 5.74. The zero-order chi connectivity index (χ0) is 105. The first kappa shape index (κ1) is 134. The molecule has 0 aromatic rings. The van der Waals surface area contributed by atoms with E-state index in [-0.39, 0.29) is 446 Å². The molecule has 824 valence electrons. The van der Waals surface area contributed by atoms with E-state index in [2.05, 4.69) is 0 Å². The van der Waals surface area contributed by atoms with Crippen molar-refractivity contribution in [3.63, 3.8) is 0 Å². The van der Waals surface area contributed by atoms with Gasteiger partial charge in [-0.1, -0.05) is 0 Å². The van der Waals surface area contributed by atoms with Gasteiger partial charge in [-0.15, -0.1) is 0 Å². The topological polar surface area (TPSA) is 678 Å². The number of hydrogen-bond acceptors (Lipinski definition) is 52. The largest absolute Gasteiger partial charge is 0.465 e. The summed E-state index contributed by atoms with van der Waals surface area (Å²) in [7, 11) is 0. The molecule has 0 atom stereocenters. The van der Waals surface area contributed by atoms with Gasteiger partial charge in [-0.05, 0) is 0 Å². The molecule has 0 aromatic carbocycles. The van der Waals surface area contributed by atoms with E-state index in [0.717, 1.165) is 0 Å². The van der Waals surface area contributed by atoms with Crippen molar-refractivity contribution < 1.29 is 196 Å². The third-order valence-electron chi connectivity index (χ3n) is 21.8. The fourth-order valence-electron chi connectivity index (χ4n) is 13.6. The highest BCUT2D eigenvalue weighted by Gasteiger charge is 2.39. The number of carbonyl (C=O) groups excluding carboxylic acids is 12. The van der Waals surface area contributed by atoms with E-state index in [4.69, 9.17) is 56.8 Å². The standard InChI is InChI=1S/C89H168N12O40/c102-49-25-90(26-50-103)13-1-77(118)130-65-41-98(42-66-131-78(119)2-14-91(27-51-104)28-52-105)21-9-85(126)138-73-89(74-139-86(127)10-22-99(43-67-132-79(120)3-15-92(29-53-106)30-54-107)44-68-133-80(121)4-16-93(31-55-108)32-56-109,75-140-87(128)11-23-100(45-69-134-81(122)5-17-94(33-57-110)34-58-111)46-70-135-82(123)6-18-95(35-59-112)36-60-113)76-141-88(129)12-24-101(47-71-136-83(124)7-19-96(37-61-114)38-62-115)48-72-137-84(125)8-20-97(39-63-116)40-64-117/h102-117H,1-76H2. The van der Waals surface area contributed by atoms with Crippen LogP contribution in [0, 0.1) is 5.41 Å². The molecule has 141 heavy (non-hydrogen) atoms. The molecule has 0 aromatic heterocycles. The maximum Gasteiger partial charge on any atom is 0.307 e. The summed E-state index contributed by atoms with van der Waals surface area (Å²) in [5.74, 6) is -9.24. The molecule has 0 radical (unpaired) electrons. The molecule has 52 nitrogen and oxygen atoms in total. The number of rotatable bonds is 100. The molecule has 0 saturated carbocycles. The summed E-state index contributed by atoms with van der Waals surface area (Å²) < 4.78 is 68.4. The molecule has 0 heterocycles. The lowest BCUT2D eigenvalue weighted by Gasteiger charge is -2.32. The molecule has 0 aliphatic heterocycles. The zero-order valence-electron chi connectivity index (χ0n) is 82.6. The van der Waals surface area contributed by atoms with Crippen LogP contribution in [-0.2, 0) is 114 Å². The van der Waals surface area contributed by atoms with Crippen molar-refractivity contribution >= 4 is 71.6 Å². The van der Waals surface area contributed by atoms with Gasteiger partial charge in [0, 0.05) is 236 Å². The Labute approximate surface area is 826 Å². The average Bonchev–Trinajstić information content (AvgIpc) is 0.846. The van der Waals surface area contributed by atoms with Crippen LogP contribution in [0.4, 0.5) is 0 Å². The fourth-order valence-corrected chi connectivity index (χ4v) is 13.6. The molecule has 0 spiro atoms. The van der Waals surface area contributed by atoms with Gasteiger partial charge in [-0.2, -0.15) is 0 Å². The molecule has 16 N–H and O–H groups in total. The number of nitrogens with zero attached hydrogens (tertiary/aromatic N) is 12. The molecule has 0 bridgehead atoms. The van der Waals surface area contributed by atoms with Gasteiger partial charge >= 0.3 is 71.6 Å². The summed E-state index contributed by atoms with van der Waals surface area (Å²) in [5.41, 5.74) is -2.09. The van der Waals surface area contributed by atoms with Crippen molar-refractivity contribution in [3.05, 3.63) is 0 Å². The van der Waals surface area contributed by atoms with Crippen molar-refractivity contribution in [2.24, 2.45) is 5.41 Å². The molecule has 0 unspecified atom stereocenters. The number of carbonyl (C=O) groups is 12. The van der Waals surface area contributed by atoms with Crippen LogP contribution in [0.5, 0.6) is 0 Å². The van der Waals surface area contributed by atoms with Crippen LogP contribution in [0.3, 0.4) is 0 Å². The smallest absolute Gasteiger partial charge is 0.307 e. The van der Waals surface area contributed by atoms with Crippen molar-refractivity contribution in [2.45, 2.75) is 77.0 Å². The van der Waals surface area contributed by atoms with Gasteiger partial charge in [-0.25, -0.2) is 0 Å². The lowest BCUT2D eigenvalue weighted by atomic mass is 9.92. The van der Waals surface area contributed by atoms with Crippen LogP contribution in [-0.4, -0.2) is 633 Å². The predicted molar refractivity (Wildman–Crippen MR) is 500 cm³/mol. The Balaban J connectivity index is 8.46. The number of ether oxygens (including phenoxy) is 12. The van der Waals surface area contributed by atoms with Crippen LogP contribution in [0.25, 0.3) is 0 Å². The predicted octanol–water partition coefficient (Wildman–Crippen LogP) is -11.3. The summed E-state index contributed by atoms with van der Waals surface area (Å²) in [5, 5.41) is 153. The molecular weight excluding hydrogens is 1880 g/mol. The van der Waals surface area contributed by atoms with E-state index < -0.39 is 129 Å². The Bertz CT molecular complexity index is 2610. The summed E-state index contributed by atoms with van der Waals surface area (Å²) in [6, 6.07) is 0. The van der Waals surface area contributed by atoms with E-state index in [1.54, 1.807) is 58.8 Å². The lowest BCUT2D eigenvalue weighted by Crippen LogP contribution is -2.44. The number of hydrogen-bond donors (Lipinski definition) is 16. The molecule has 0 aliphatic carbocycles. The second kappa shape index (κ2) is 91.2. The monoisotopic (exact) mass is 2050 g/mol. The Kier molecular flexibility index (Phi) is 86.4. The molecular formula is C89H168N12O40. The van der Waals surface area contributed by atoms with Crippen LogP contribution in [0.15, 0.2) is 0 Å². The Morgan fingerprint density at radius 1 is 0.128 bits per heavy atom. The lowest BCUT2D eigenvalue weighted by molar-refractivity contribution is -0.172. The summed E-state index contributed by atoms with van der Waals surface area (Å²) in [6.07, 6.45) is -3.17. The number of esters is 12. The van der Waals surface area contributed by atoms with E-state index in [1.165, 1.54) is 0 Å². The van der Waals surface area contributed by atoms with E-state index >= 15 is 0 Å². The van der Waals surface area contributed by atoms with Gasteiger partial charge < -0.3 is 139 Å². The zero-order valence-corrected chi connectivity index (χ0v) is 82.6. The van der Waals surface area contributed by atoms with Crippen LogP contribution in [0.1, 0.15) is 77.0 Å². The highest BCUT2D eigenvalue weighted by atomic mass is 16.6. The minimum absolute atomic E-state index is 0.0774. The molecule has 52 heteroatoms. The van der Waals surface area contributed by atoms with Crippen molar-refractivity contribution in [1.82, 2.24) is 58.8 Å². The van der Waals surface area contributed by atoms with Gasteiger partial charge in [0.15, 0.2) is 0 Å². The fraction of sp³-hybridized carbons (Fsp3) is 0.865. The summed E-state index contributed by atoms with van der Waals surface area (Å²) >= 11 is 0. The second-order valence-electron chi connectivity index (χ2n) is 32.6. The Morgan fingerprint density at radius 3 is 0.305 bits per heavy atom. The third-order valence-corrected chi connectivity index (χ3v) is 21.8. The molecule has 0 fully saturated rings.